The molecule has 0 saturated carbocycles. The summed E-state index contributed by atoms with van der Waals surface area (Å²) in [5, 5.41) is 9.11. The Morgan fingerprint density at radius 3 is 2.53 bits per heavy atom. The van der Waals surface area contributed by atoms with Crippen molar-refractivity contribution >= 4 is 56.2 Å². The van der Waals surface area contributed by atoms with Gasteiger partial charge in [0.15, 0.2) is 15.7 Å². The molecule has 4 aromatic rings. The molecular formula is C24H22ClN5O5S. The van der Waals surface area contributed by atoms with E-state index in [-0.39, 0.29) is 33.3 Å². The number of amides is 1. The van der Waals surface area contributed by atoms with Gasteiger partial charge in [-0.05, 0) is 36.4 Å². The SMILES string of the molecule is COc1cc(S(=O)(=O)Cc2ccco2)ccc1Nc1ncc(Cl)c(Nc2ccccc2NC(C)=O)n1. The third kappa shape index (κ3) is 5.93. The van der Waals surface area contributed by atoms with Gasteiger partial charge in [-0.15, -0.1) is 0 Å². The van der Waals surface area contributed by atoms with Crippen molar-refractivity contribution in [3.8, 4) is 5.75 Å². The fraction of sp³-hybridized carbons (Fsp3) is 0.125. The standard InChI is InChI=1S/C24H22ClN5O5S/c1-15(31)27-19-7-3-4-8-20(19)28-23-18(25)13-26-24(30-23)29-21-10-9-17(12-22(21)34-2)36(32,33)14-16-6-5-11-35-16/h3-13H,14H2,1-2H3,(H,27,31)(H2,26,28,29,30). The lowest BCUT2D eigenvalue weighted by atomic mass is 10.2. The first-order chi connectivity index (χ1) is 17.2. The molecule has 3 N–H and O–H groups in total. The molecule has 2 aromatic heterocycles. The molecule has 0 aliphatic rings. The molecule has 36 heavy (non-hydrogen) atoms. The van der Waals surface area contributed by atoms with E-state index in [9.17, 15) is 13.2 Å². The average molecular weight is 528 g/mol. The van der Waals surface area contributed by atoms with Gasteiger partial charge in [0.2, 0.25) is 11.9 Å². The first-order valence-electron chi connectivity index (χ1n) is 10.6. The van der Waals surface area contributed by atoms with Crippen LogP contribution in [0.4, 0.5) is 28.8 Å². The van der Waals surface area contributed by atoms with Crippen LogP contribution in [-0.2, 0) is 20.4 Å². The highest BCUT2D eigenvalue weighted by molar-refractivity contribution is 7.90. The fourth-order valence-electron chi connectivity index (χ4n) is 3.29. The second-order valence-corrected chi connectivity index (χ2v) is 9.96. The number of hydrogen-bond donors (Lipinski definition) is 3. The zero-order valence-corrected chi connectivity index (χ0v) is 20.9. The van der Waals surface area contributed by atoms with Crippen LogP contribution in [0.2, 0.25) is 5.02 Å². The molecule has 0 radical (unpaired) electrons. The van der Waals surface area contributed by atoms with E-state index in [4.69, 9.17) is 20.8 Å². The number of furan rings is 1. The monoisotopic (exact) mass is 527 g/mol. The molecule has 2 aromatic carbocycles. The van der Waals surface area contributed by atoms with Crippen LogP contribution in [0.1, 0.15) is 12.7 Å². The number of rotatable bonds is 9. The maximum absolute atomic E-state index is 12.8. The molecule has 4 rings (SSSR count). The molecule has 1 amide bonds. The Balaban J connectivity index is 1.58. The first-order valence-corrected chi connectivity index (χ1v) is 12.6. The van der Waals surface area contributed by atoms with Gasteiger partial charge in [-0.1, -0.05) is 23.7 Å². The number of aromatic nitrogens is 2. The van der Waals surface area contributed by atoms with E-state index in [1.165, 1.54) is 38.6 Å². The number of anilines is 5. The lowest BCUT2D eigenvalue weighted by Gasteiger charge is -2.15. The fourth-order valence-corrected chi connectivity index (χ4v) is 4.69. The van der Waals surface area contributed by atoms with Gasteiger partial charge in [0.05, 0.1) is 41.5 Å². The largest absolute Gasteiger partial charge is 0.495 e. The van der Waals surface area contributed by atoms with Crippen LogP contribution in [-0.4, -0.2) is 31.4 Å². The molecular weight excluding hydrogens is 506 g/mol. The minimum atomic E-state index is -3.66. The lowest BCUT2D eigenvalue weighted by Crippen LogP contribution is -2.09. The summed E-state index contributed by atoms with van der Waals surface area (Å²) in [6.45, 7) is 1.41. The Morgan fingerprint density at radius 2 is 1.83 bits per heavy atom. The molecule has 0 aliphatic heterocycles. The number of carbonyl (C=O) groups excluding carboxylic acids is 1. The van der Waals surface area contributed by atoms with Crippen molar-refractivity contribution < 1.29 is 22.4 Å². The third-order valence-corrected chi connectivity index (χ3v) is 6.84. The first kappa shape index (κ1) is 25.0. The minimum Gasteiger partial charge on any atom is -0.495 e. The lowest BCUT2D eigenvalue weighted by molar-refractivity contribution is -0.114. The summed E-state index contributed by atoms with van der Waals surface area (Å²) in [7, 11) is -2.23. The summed E-state index contributed by atoms with van der Waals surface area (Å²) in [5.41, 5.74) is 1.59. The molecule has 12 heteroatoms. The van der Waals surface area contributed by atoms with Gasteiger partial charge < -0.3 is 25.1 Å². The van der Waals surface area contributed by atoms with Crippen molar-refractivity contribution in [1.82, 2.24) is 9.97 Å². The van der Waals surface area contributed by atoms with Gasteiger partial charge in [0, 0.05) is 13.0 Å². The molecule has 0 unspecified atom stereocenters. The van der Waals surface area contributed by atoms with E-state index in [1.807, 2.05) is 0 Å². The number of para-hydroxylation sites is 2. The van der Waals surface area contributed by atoms with E-state index in [0.717, 1.165) is 0 Å². The number of ether oxygens (including phenoxy) is 1. The summed E-state index contributed by atoms with van der Waals surface area (Å²) >= 11 is 6.29. The van der Waals surface area contributed by atoms with Crippen LogP contribution in [0.5, 0.6) is 5.75 Å². The van der Waals surface area contributed by atoms with Crippen LogP contribution >= 0.6 is 11.6 Å². The molecule has 2 heterocycles. The maximum atomic E-state index is 12.8. The Kier molecular flexibility index (Phi) is 7.41. The van der Waals surface area contributed by atoms with Crippen LogP contribution in [0.3, 0.4) is 0 Å². The number of sulfone groups is 1. The zero-order valence-electron chi connectivity index (χ0n) is 19.3. The number of nitrogens with zero attached hydrogens (tertiary/aromatic N) is 2. The van der Waals surface area contributed by atoms with Crippen LogP contribution in [0, 0.1) is 0 Å². The Bertz CT molecular complexity index is 1490. The summed E-state index contributed by atoms with van der Waals surface area (Å²) in [6.07, 6.45) is 2.83. The van der Waals surface area contributed by atoms with E-state index >= 15 is 0 Å². The number of benzene rings is 2. The molecule has 0 fully saturated rings. The van der Waals surface area contributed by atoms with Gasteiger partial charge >= 0.3 is 0 Å². The Morgan fingerprint density at radius 1 is 1.06 bits per heavy atom. The predicted molar refractivity (Wildman–Crippen MR) is 137 cm³/mol. The second-order valence-electron chi connectivity index (χ2n) is 7.57. The van der Waals surface area contributed by atoms with Crippen LogP contribution in [0.25, 0.3) is 0 Å². The number of methoxy groups -OCH3 is 1. The highest BCUT2D eigenvalue weighted by atomic mass is 35.5. The zero-order chi connectivity index (χ0) is 25.7. The van der Waals surface area contributed by atoms with Crippen molar-refractivity contribution in [2.45, 2.75) is 17.6 Å². The highest BCUT2D eigenvalue weighted by Crippen LogP contribution is 2.33. The van der Waals surface area contributed by atoms with Gasteiger partial charge in [0.25, 0.3) is 0 Å². The van der Waals surface area contributed by atoms with Crippen molar-refractivity contribution in [1.29, 1.82) is 0 Å². The number of nitrogens with one attached hydrogen (secondary N) is 3. The highest BCUT2D eigenvalue weighted by Gasteiger charge is 2.20. The molecule has 186 valence electrons. The Hall–Kier alpha value is -4.09. The molecule has 0 bridgehead atoms. The van der Waals surface area contributed by atoms with Crippen molar-refractivity contribution in [2.75, 3.05) is 23.1 Å². The number of carbonyl (C=O) groups is 1. The van der Waals surface area contributed by atoms with E-state index < -0.39 is 9.84 Å². The van der Waals surface area contributed by atoms with Gasteiger partial charge in [0.1, 0.15) is 22.3 Å². The average Bonchev–Trinajstić information content (AvgIpc) is 3.34. The minimum absolute atomic E-state index is 0.0789. The van der Waals surface area contributed by atoms with Crippen molar-refractivity contribution in [3.63, 3.8) is 0 Å². The molecule has 0 spiro atoms. The predicted octanol–water partition coefficient (Wildman–Crippen LogP) is 5.15. The number of hydrogen-bond acceptors (Lipinski definition) is 9. The summed E-state index contributed by atoms with van der Waals surface area (Å²) < 4.78 is 36.1. The normalized spacial score (nSPS) is 11.1. The summed E-state index contributed by atoms with van der Waals surface area (Å²) in [4.78, 5) is 20.2. The van der Waals surface area contributed by atoms with Gasteiger partial charge in [-0.25, -0.2) is 13.4 Å². The quantitative estimate of drug-likeness (QED) is 0.270. The Labute approximate surface area is 212 Å². The number of halogens is 1. The molecule has 0 saturated heterocycles. The third-order valence-electron chi connectivity index (χ3n) is 4.93. The van der Waals surface area contributed by atoms with Gasteiger partial charge in [-0.3, -0.25) is 4.79 Å². The van der Waals surface area contributed by atoms with Crippen LogP contribution in [0.15, 0.2) is 76.4 Å². The summed E-state index contributed by atoms with van der Waals surface area (Å²) in [5.74, 6) is 0.602. The van der Waals surface area contributed by atoms with E-state index in [0.29, 0.717) is 28.6 Å². The molecule has 10 nitrogen and oxygen atoms in total. The topological polar surface area (TPSA) is 135 Å². The maximum Gasteiger partial charge on any atom is 0.229 e. The van der Waals surface area contributed by atoms with E-state index in [2.05, 4.69) is 25.9 Å². The smallest absolute Gasteiger partial charge is 0.229 e. The summed E-state index contributed by atoms with van der Waals surface area (Å²) in [6, 6.07) is 14.8. The van der Waals surface area contributed by atoms with Crippen LogP contribution < -0.4 is 20.7 Å². The van der Waals surface area contributed by atoms with E-state index in [1.54, 1.807) is 42.5 Å². The molecule has 0 aliphatic carbocycles. The second kappa shape index (κ2) is 10.7. The van der Waals surface area contributed by atoms with Gasteiger partial charge in [-0.2, -0.15) is 4.98 Å². The molecule has 0 atom stereocenters. The van der Waals surface area contributed by atoms with Crippen molar-refractivity contribution in [2.24, 2.45) is 0 Å². The van der Waals surface area contributed by atoms with Crippen molar-refractivity contribution in [3.05, 3.63) is 77.8 Å².